The number of aryl methyl sites for hydroxylation is 1. The van der Waals surface area contributed by atoms with Crippen LogP contribution >= 0.6 is 11.6 Å². The molecule has 2 heterocycles. The van der Waals surface area contributed by atoms with Crippen molar-refractivity contribution in [3.63, 3.8) is 0 Å². The molecule has 6 nitrogen and oxygen atoms in total. The van der Waals surface area contributed by atoms with E-state index >= 15 is 0 Å². The number of hydrogen-bond donors (Lipinski definition) is 1. The highest BCUT2D eigenvalue weighted by Gasteiger charge is 2.12. The van der Waals surface area contributed by atoms with Gasteiger partial charge < -0.3 is 5.11 Å². The summed E-state index contributed by atoms with van der Waals surface area (Å²) in [5.41, 5.74) is 1.63. The maximum Gasteiger partial charge on any atom is 0.356 e. The molecule has 1 N–H and O–H groups in total. The average Bonchev–Trinajstić information content (AvgIpc) is 3.05. The topological polar surface area (TPSA) is 80.9 Å². The molecule has 3 aromatic rings. The molecule has 0 saturated heterocycles. The van der Waals surface area contributed by atoms with Crippen molar-refractivity contribution in [2.24, 2.45) is 0 Å². The second-order valence-electron chi connectivity index (χ2n) is 5.25. The second kappa shape index (κ2) is 6.80. The summed E-state index contributed by atoms with van der Waals surface area (Å²) in [5, 5.41) is 13.7. The molecule has 0 aliphatic carbocycles. The SMILES string of the molecule is CCCc1cc(-n2ccc(C(=O)O)n2)nc(-c2cccc(Cl)c2)n1. The lowest BCUT2D eigenvalue weighted by Gasteiger charge is -2.08. The van der Waals surface area contributed by atoms with E-state index in [1.165, 1.54) is 10.7 Å². The van der Waals surface area contributed by atoms with Crippen LogP contribution in [0.4, 0.5) is 0 Å². The molecule has 2 aromatic heterocycles. The number of aromatic carboxylic acids is 1. The van der Waals surface area contributed by atoms with E-state index in [0.717, 1.165) is 24.1 Å². The highest BCUT2D eigenvalue weighted by molar-refractivity contribution is 6.30. The summed E-state index contributed by atoms with van der Waals surface area (Å²) in [7, 11) is 0. The summed E-state index contributed by atoms with van der Waals surface area (Å²) in [4.78, 5) is 20.1. The molecule has 0 aliphatic heterocycles. The van der Waals surface area contributed by atoms with Crippen LogP contribution in [0.3, 0.4) is 0 Å². The summed E-state index contributed by atoms with van der Waals surface area (Å²) in [6.45, 7) is 2.07. The largest absolute Gasteiger partial charge is 0.476 e. The van der Waals surface area contributed by atoms with Gasteiger partial charge in [-0.25, -0.2) is 19.4 Å². The number of nitrogens with zero attached hydrogens (tertiary/aromatic N) is 4. The third kappa shape index (κ3) is 3.44. The van der Waals surface area contributed by atoms with E-state index in [2.05, 4.69) is 22.0 Å². The summed E-state index contributed by atoms with van der Waals surface area (Å²) < 4.78 is 1.44. The van der Waals surface area contributed by atoms with Gasteiger partial charge in [0.15, 0.2) is 17.3 Å². The van der Waals surface area contributed by atoms with Gasteiger partial charge in [-0.2, -0.15) is 5.10 Å². The standard InChI is InChI=1S/C17H15ClN4O2/c1-2-4-13-10-15(22-8-7-14(21-22)17(23)24)20-16(19-13)11-5-3-6-12(18)9-11/h3,5-10H,2,4H2,1H3,(H,23,24). The van der Waals surface area contributed by atoms with Crippen LogP contribution in [-0.4, -0.2) is 30.8 Å². The maximum atomic E-state index is 11.0. The molecule has 0 radical (unpaired) electrons. The highest BCUT2D eigenvalue weighted by Crippen LogP contribution is 2.21. The summed E-state index contributed by atoms with van der Waals surface area (Å²) >= 11 is 6.05. The Labute approximate surface area is 143 Å². The van der Waals surface area contributed by atoms with E-state index in [9.17, 15) is 4.79 Å². The van der Waals surface area contributed by atoms with Gasteiger partial charge in [-0.3, -0.25) is 0 Å². The first-order valence-corrected chi connectivity index (χ1v) is 7.88. The van der Waals surface area contributed by atoms with Crippen LogP contribution in [0.25, 0.3) is 17.2 Å². The number of carboxylic acid groups (broad SMARTS) is 1. The van der Waals surface area contributed by atoms with E-state index in [4.69, 9.17) is 16.7 Å². The first-order chi connectivity index (χ1) is 11.6. The van der Waals surface area contributed by atoms with Gasteiger partial charge in [0, 0.05) is 28.5 Å². The molecule has 0 spiro atoms. The number of carboxylic acids is 1. The fourth-order valence-electron chi connectivity index (χ4n) is 2.31. The zero-order chi connectivity index (χ0) is 17.1. The molecule has 0 atom stereocenters. The number of aromatic nitrogens is 4. The van der Waals surface area contributed by atoms with Crippen molar-refractivity contribution in [2.75, 3.05) is 0 Å². The lowest BCUT2D eigenvalue weighted by atomic mass is 10.2. The molecule has 0 saturated carbocycles. The monoisotopic (exact) mass is 342 g/mol. The Morgan fingerprint density at radius 1 is 1.25 bits per heavy atom. The van der Waals surface area contributed by atoms with Crippen LogP contribution in [0.15, 0.2) is 42.6 Å². The second-order valence-corrected chi connectivity index (χ2v) is 5.69. The minimum absolute atomic E-state index is 0.0324. The van der Waals surface area contributed by atoms with E-state index in [-0.39, 0.29) is 5.69 Å². The van der Waals surface area contributed by atoms with Gasteiger partial charge in [-0.15, -0.1) is 0 Å². The van der Waals surface area contributed by atoms with Gasteiger partial charge in [0.2, 0.25) is 0 Å². The molecular weight excluding hydrogens is 328 g/mol. The highest BCUT2D eigenvalue weighted by atomic mass is 35.5. The van der Waals surface area contributed by atoms with E-state index in [0.29, 0.717) is 16.7 Å². The van der Waals surface area contributed by atoms with Gasteiger partial charge in [-0.1, -0.05) is 37.1 Å². The predicted molar refractivity (Wildman–Crippen MR) is 90.6 cm³/mol. The number of carbonyl (C=O) groups is 1. The Hall–Kier alpha value is -2.73. The Kier molecular flexibility index (Phi) is 4.57. The summed E-state index contributed by atoms with van der Waals surface area (Å²) in [5.74, 6) is -0.0200. The molecule has 0 bridgehead atoms. The molecule has 0 unspecified atom stereocenters. The zero-order valence-electron chi connectivity index (χ0n) is 13.0. The normalized spacial score (nSPS) is 10.8. The van der Waals surface area contributed by atoms with E-state index in [1.807, 2.05) is 18.2 Å². The minimum Gasteiger partial charge on any atom is -0.476 e. The Morgan fingerprint density at radius 2 is 2.08 bits per heavy atom. The van der Waals surface area contributed by atoms with Crippen molar-refractivity contribution >= 4 is 17.6 Å². The predicted octanol–water partition coefficient (Wildman–Crippen LogP) is 3.63. The zero-order valence-corrected chi connectivity index (χ0v) is 13.7. The van der Waals surface area contributed by atoms with Crippen LogP contribution in [0.5, 0.6) is 0 Å². The molecule has 0 amide bonds. The molecule has 0 aliphatic rings. The third-order valence-corrected chi connectivity index (χ3v) is 3.63. The smallest absolute Gasteiger partial charge is 0.356 e. The molecule has 3 rings (SSSR count). The first kappa shape index (κ1) is 16.1. The number of hydrogen-bond acceptors (Lipinski definition) is 4. The van der Waals surface area contributed by atoms with Crippen molar-refractivity contribution in [2.45, 2.75) is 19.8 Å². The molecular formula is C17H15ClN4O2. The van der Waals surface area contributed by atoms with Gasteiger partial charge in [0.1, 0.15) is 0 Å². The maximum absolute atomic E-state index is 11.0. The number of rotatable bonds is 5. The quantitative estimate of drug-likeness (QED) is 0.765. The lowest BCUT2D eigenvalue weighted by Crippen LogP contribution is -2.06. The van der Waals surface area contributed by atoms with Crippen molar-refractivity contribution < 1.29 is 9.90 Å². The van der Waals surface area contributed by atoms with Crippen LogP contribution in [0.2, 0.25) is 5.02 Å². The Balaban J connectivity index is 2.10. The Morgan fingerprint density at radius 3 is 2.75 bits per heavy atom. The van der Waals surface area contributed by atoms with E-state index < -0.39 is 5.97 Å². The molecule has 7 heteroatoms. The fourth-order valence-corrected chi connectivity index (χ4v) is 2.50. The van der Waals surface area contributed by atoms with Crippen molar-refractivity contribution in [3.05, 3.63) is 59.0 Å². The van der Waals surface area contributed by atoms with Crippen LogP contribution < -0.4 is 0 Å². The minimum atomic E-state index is -1.08. The first-order valence-electron chi connectivity index (χ1n) is 7.50. The van der Waals surface area contributed by atoms with Gasteiger partial charge in [0.05, 0.1) is 0 Å². The van der Waals surface area contributed by atoms with Crippen LogP contribution in [0.1, 0.15) is 29.5 Å². The van der Waals surface area contributed by atoms with Crippen LogP contribution in [-0.2, 0) is 6.42 Å². The lowest BCUT2D eigenvalue weighted by molar-refractivity contribution is 0.0690. The fraction of sp³-hybridized carbons (Fsp3) is 0.176. The molecule has 0 fully saturated rings. The third-order valence-electron chi connectivity index (χ3n) is 3.40. The van der Waals surface area contributed by atoms with Crippen molar-refractivity contribution in [1.82, 2.24) is 19.7 Å². The van der Waals surface area contributed by atoms with Gasteiger partial charge in [0.25, 0.3) is 0 Å². The van der Waals surface area contributed by atoms with Crippen LogP contribution in [0, 0.1) is 0 Å². The summed E-state index contributed by atoms with van der Waals surface area (Å²) in [6, 6.07) is 10.5. The van der Waals surface area contributed by atoms with Crippen molar-refractivity contribution in [1.29, 1.82) is 0 Å². The van der Waals surface area contributed by atoms with Crippen molar-refractivity contribution in [3.8, 4) is 17.2 Å². The Bertz CT molecular complexity index is 892. The summed E-state index contributed by atoms with van der Waals surface area (Å²) in [6.07, 6.45) is 3.30. The molecule has 122 valence electrons. The number of benzene rings is 1. The molecule has 24 heavy (non-hydrogen) atoms. The number of halogens is 1. The van der Waals surface area contributed by atoms with Gasteiger partial charge in [-0.05, 0) is 24.6 Å². The average molecular weight is 343 g/mol. The van der Waals surface area contributed by atoms with Gasteiger partial charge >= 0.3 is 5.97 Å². The van der Waals surface area contributed by atoms with E-state index in [1.54, 1.807) is 18.3 Å². The molecule has 1 aromatic carbocycles.